The van der Waals surface area contributed by atoms with E-state index in [2.05, 4.69) is 69.3 Å². The fourth-order valence-electron chi connectivity index (χ4n) is 3.37. The maximum atomic E-state index is 12.4. The van der Waals surface area contributed by atoms with Crippen molar-refractivity contribution in [2.75, 3.05) is 37.6 Å². The maximum absolute atomic E-state index is 12.4. The number of amides is 1. The molecule has 150 valence electrons. The van der Waals surface area contributed by atoms with Crippen molar-refractivity contribution in [2.45, 2.75) is 33.7 Å². The van der Waals surface area contributed by atoms with Crippen molar-refractivity contribution in [1.82, 2.24) is 20.2 Å². The molecule has 0 unspecified atom stereocenters. The molecule has 28 heavy (non-hydrogen) atoms. The van der Waals surface area contributed by atoms with Crippen molar-refractivity contribution in [3.05, 3.63) is 53.5 Å². The Labute approximate surface area is 168 Å². The van der Waals surface area contributed by atoms with Gasteiger partial charge >= 0.3 is 0 Å². The van der Waals surface area contributed by atoms with Crippen LogP contribution in [-0.2, 0) is 6.54 Å². The molecule has 0 saturated carbocycles. The number of nitrogens with one attached hydrogen (secondary N) is 1. The smallest absolute Gasteiger partial charge is 0.270 e. The number of anilines is 1. The molecule has 1 aliphatic heterocycles. The Hall–Kier alpha value is -2.47. The minimum absolute atomic E-state index is 0.116. The van der Waals surface area contributed by atoms with E-state index in [-0.39, 0.29) is 5.91 Å². The van der Waals surface area contributed by atoms with Crippen molar-refractivity contribution in [3.8, 4) is 0 Å². The monoisotopic (exact) mass is 381 g/mol. The molecule has 6 heteroatoms. The number of benzene rings is 1. The molecule has 3 rings (SSSR count). The molecule has 1 amide bonds. The van der Waals surface area contributed by atoms with Crippen LogP contribution in [0.5, 0.6) is 0 Å². The van der Waals surface area contributed by atoms with Gasteiger partial charge in [-0.25, -0.2) is 9.97 Å². The summed E-state index contributed by atoms with van der Waals surface area (Å²) in [4.78, 5) is 26.1. The summed E-state index contributed by atoms with van der Waals surface area (Å²) in [6.45, 7) is 11.6. The lowest BCUT2D eigenvalue weighted by Crippen LogP contribution is -2.46. The van der Waals surface area contributed by atoms with Gasteiger partial charge in [-0.15, -0.1) is 0 Å². The van der Waals surface area contributed by atoms with Crippen LogP contribution in [0.4, 0.5) is 5.82 Å². The molecule has 1 saturated heterocycles. The van der Waals surface area contributed by atoms with E-state index in [4.69, 9.17) is 0 Å². The predicted molar refractivity (Wildman–Crippen MR) is 112 cm³/mol. The summed E-state index contributed by atoms with van der Waals surface area (Å²) in [5.41, 5.74) is 1.80. The molecule has 0 aliphatic carbocycles. The van der Waals surface area contributed by atoms with Crippen LogP contribution in [-0.4, -0.2) is 53.5 Å². The SMILES string of the molecule is Cc1nc(C(=O)NCCC(C)C)cc(N2CCN(Cc3ccccc3)CC2)n1. The molecule has 1 aromatic carbocycles. The van der Waals surface area contributed by atoms with Gasteiger partial charge in [0.1, 0.15) is 17.3 Å². The van der Waals surface area contributed by atoms with Crippen LogP contribution in [0.15, 0.2) is 36.4 Å². The van der Waals surface area contributed by atoms with Gasteiger partial charge in [0.05, 0.1) is 0 Å². The largest absolute Gasteiger partial charge is 0.354 e. The fraction of sp³-hybridized carbons (Fsp3) is 0.500. The van der Waals surface area contributed by atoms with Gasteiger partial charge in [-0.1, -0.05) is 44.2 Å². The second-order valence-corrected chi connectivity index (χ2v) is 7.85. The first-order valence-electron chi connectivity index (χ1n) is 10.2. The predicted octanol–water partition coefficient (Wildman–Crippen LogP) is 2.88. The van der Waals surface area contributed by atoms with Crippen molar-refractivity contribution in [1.29, 1.82) is 0 Å². The second-order valence-electron chi connectivity index (χ2n) is 7.85. The van der Waals surface area contributed by atoms with E-state index in [9.17, 15) is 4.79 Å². The van der Waals surface area contributed by atoms with Gasteiger partial charge in [-0.3, -0.25) is 9.69 Å². The number of carbonyl (C=O) groups excluding carboxylic acids is 1. The molecule has 1 aliphatic rings. The molecule has 1 fully saturated rings. The van der Waals surface area contributed by atoms with Crippen LogP contribution in [0.2, 0.25) is 0 Å². The topological polar surface area (TPSA) is 61.4 Å². The highest BCUT2D eigenvalue weighted by atomic mass is 16.1. The van der Waals surface area contributed by atoms with Crippen molar-refractivity contribution < 1.29 is 4.79 Å². The molecule has 2 heterocycles. The van der Waals surface area contributed by atoms with Gasteiger partial charge in [-0.05, 0) is 24.8 Å². The molecule has 0 bridgehead atoms. The van der Waals surface area contributed by atoms with Gasteiger partial charge in [0, 0.05) is 45.3 Å². The van der Waals surface area contributed by atoms with E-state index >= 15 is 0 Å². The molecule has 0 atom stereocenters. The summed E-state index contributed by atoms with van der Waals surface area (Å²) in [6, 6.07) is 12.4. The maximum Gasteiger partial charge on any atom is 0.270 e. The van der Waals surface area contributed by atoms with Crippen molar-refractivity contribution >= 4 is 11.7 Å². The number of aromatic nitrogens is 2. The summed E-state index contributed by atoms with van der Waals surface area (Å²) >= 11 is 0. The fourth-order valence-corrected chi connectivity index (χ4v) is 3.37. The van der Waals surface area contributed by atoms with Gasteiger partial charge in [0.2, 0.25) is 0 Å². The molecule has 6 nitrogen and oxygen atoms in total. The van der Waals surface area contributed by atoms with Crippen LogP contribution in [0, 0.1) is 12.8 Å². The van der Waals surface area contributed by atoms with E-state index < -0.39 is 0 Å². The number of rotatable bonds is 7. The van der Waals surface area contributed by atoms with E-state index in [1.54, 1.807) is 0 Å². The second kappa shape index (κ2) is 9.64. The van der Waals surface area contributed by atoms with Crippen LogP contribution in [0.1, 0.15) is 42.1 Å². The third kappa shape index (κ3) is 5.76. The minimum atomic E-state index is -0.116. The summed E-state index contributed by atoms with van der Waals surface area (Å²) in [6.07, 6.45) is 0.964. The molecule has 2 aromatic rings. The van der Waals surface area contributed by atoms with Crippen molar-refractivity contribution in [2.24, 2.45) is 5.92 Å². The average Bonchev–Trinajstić information content (AvgIpc) is 2.68. The number of aryl methyl sites for hydroxylation is 1. The first-order valence-corrected chi connectivity index (χ1v) is 10.2. The van der Waals surface area contributed by atoms with Gasteiger partial charge in [-0.2, -0.15) is 0 Å². The number of nitrogens with zero attached hydrogens (tertiary/aromatic N) is 4. The Balaban J connectivity index is 1.58. The third-order valence-corrected chi connectivity index (χ3v) is 5.01. The Bertz CT molecular complexity index is 770. The highest BCUT2D eigenvalue weighted by Gasteiger charge is 2.20. The molecular weight excluding hydrogens is 350 g/mol. The Morgan fingerprint density at radius 3 is 2.50 bits per heavy atom. The van der Waals surface area contributed by atoms with Crippen LogP contribution >= 0.6 is 0 Å². The molecule has 0 radical (unpaired) electrons. The Morgan fingerprint density at radius 2 is 1.82 bits per heavy atom. The van der Waals surface area contributed by atoms with E-state index in [1.165, 1.54) is 5.56 Å². The molecular formula is C22H31N5O. The Morgan fingerprint density at radius 1 is 1.11 bits per heavy atom. The first kappa shape index (κ1) is 20.3. The zero-order chi connectivity index (χ0) is 19.9. The zero-order valence-electron chi connectivity index (χ0n) is 17.2. The number of carbonyl (C=O) groups is 1. The molecule has 1 N–H and O–H groups in total. The van der Waals surface area contributed by atoms with Gasteiger partial charge < -0.3 is 10.2 Å². The average molecular weight is 382 g/mol. The number of hydrogen-bond donors (Lipinski definition) is 1. The molecule has 0 spiro atoms. The normalized spacial score (nSPS) is 15.1. The minimum Gasteiger partial charge on any atom is -0.354 e. The summed E-state index contributed by atoms with van der Waals surface area (Å²) in [7, 11) is 0. The summed E-state index contributed by atoms with van der Waals surface area (Å²) < 4.78 is 0. The first-order chi connectivity index (χ1) is 13.5. The third-order valence-electron chi connectivity index (χ3n) is 5.01. The van der Waals surface area contributed by atoms with Gasteiger partial charge in [0.25, 0.3) is 5.91 Å². The lowest BCUT2D eigenvalue weighted by molar-refractivity contribution is 0.0946. The quantitative estimate of drug-likeness (QED) is 0.799. The lowest BCUT2D eigenvalue weighted by atomic mass is 10.1. The Kier molecular flexibility index (Phi) is 6.98. The highest BCUT2D eigenvalue weighted by molar-refractivity contribution is 5.92. The van der Waals surface area contributed by atoms with Crippen LogP contribution in [0.3, 0.4) is 0 Å². The van der Waals surface area contributed by atoms with E-state index in [1.807, 2.05) is 13.0 Å². The van der Waals surface area contributed by atoms with Crippen LogP contribution < -0.4 is 10.2 Å². The highest BCUT2D eigenvalue weighted by Crippen LogP contribution is 2.17. The molecule has 1 aromatic heterocycles. The van der Waals surface area contributed by atoms with E-state index in [0.717, 1.165) is 45.0 Å². The van der Waals surface area contributed by atoms with Gasteiger partial charge in [0.15, 0.2) is 0 Å². The lowest BCUT2D eigenvalue weighted by Gasteiger charge is -2.35. The van der Waals surface area contributed by atoms with Crippen LogP contribution in [0.25, 0.3) is 0 Å². The summed E-state index contributed by atoms with van der Waals surface area (Å²) in [5, 5.41) is 2.97. The number of piperazine rings is 1. The zero-order valence-corrected chi connectivity index (χ0v) is 17.2. The number of hydrogen-bond acceptors (Lipinski definition) is 5. The summed E-state index contributed by atoms with van der Waals surface area (Å²) in [5.74, 6) is 1.93. The van der Waals surface area contributed by atoms with Crippen molar-refractivity contribution in [3.63, 3.8) is 0 Å². The van der Waals surface area contributed by atoms with E-state index in [0.29, 0.717) is 24.0 Å². The standard InChI is InChI=1S/C22H31N5O/c1-17(2)9-10-23-22(28)20-15-21(25-18(3)24-20)27-13-11-26(12-14-27)16-19-7-5-4-6-8-19/h4-8,15,17H,9-14,16H2,1-3H3,(H,23,28).